The second kappa shape index (κ2) is 12.3. The molecule has 0 bridgehead atoms. The van der Waals surface area contributed by atoms with E-state index in [1.807, 2.05) is 49.1 Å². The average molecular weight is 421 g/mol. The van der Waals surface area contributed by atoms with Crippen LogP contribution in [0.1, 0.15) is 24.1 Å². The van der Waals surface area contributed by atoms with Crippen LogP contribution < -0.4 is 0 Å². The molecule has 30 heavy (non-hydrogen) atoms. The molecule has 0 fully saturated rings. The molecule has 164 valence electrons. The standard InChI is InChI=1S/C16H21N3O.C4H6O6/c1-18-12-4-6-15(18)13-19(2)16(20)7-3-5-14-8-10-17-11-9-14;5-1(3(7)8)2(6)4(9)10/h4,6,8-12H,3,5,7,13H2,1-2H3;1-2,5-6H,(H,7,8)(H,9,10). The third-order valence-electron chi connectivity index (χ3n) is 4.29. The van der Waals surface area contributed by atoms with Crippen molar-refractivity contribution in [3.8, 4) is 0 Å². The largest absolute Gasteiger partial charge is 0.479 e. The molecule has 10 nitrogen and oxygen atoms in total. The van der Waals surface area contributed by atoms with Crippen molar-refractivity contribution in [3.05, 3.63) is 54.1 Å². The predicted molar refractivity (Wildman–Crippen MR) is 106 cm³/mol. The summed E-state index contributed by atoms with van der Waals surface area (Å²) in [5.41, 5.74) is 2.38. The highest BCUT2D eigenvalue weighted by Crippen LogP contribution is 2.08. The maximum absolute atomic E-state index is 12.1. The molecular weight excluding hydrogens is 394 g/mol. The van der Waals surface area contributed by atoms with Crippen molar-refractivity contribution in [2.45, 2.75) is 38.0 Å². The molecular formula is C20H27N3O7. The van der Waals surface area contributed by atoms with E-state index >= 15 is 0 Å². The van der Waals surface area contributed by atoms with Gasteiger partial charge < -0.3 is 29.9 Å². The van der Waals surface area contributed by atoms with Gasteiger partial charge in [0.2, 0.25) is 5.91 Å². The zero-order valence-corrected chi connectivity index (χ0v) is 16.9. The van der Waals surface area contributed by atoms with Gasteiger partial charge in [-0.15, -0.1) is 0 Å². The van der Waals surface area contributed by atoms with Gasteiger partial charge in [-0.1, -0.05) is 0 Å². The lowest BCUT2D eigenvalue weighted by molar-refractivity contribution is -0.165. The quantitative estimate of drug-likeness (QED) is 0.450. The van der Waals surface area contributed by atoms with Crippen LogP contribution in [-0.2, 0) is 34.4 Å². The van der Waals surface area contributed by atoms with E-state index in [9.17, 15) is 14.4 Å². The minimum Gasteiger partial charge on any atom is -0.479 e. The maximum Gasteiger partial charge on any atom is 0.335 e. The van der Waals surface area contributed by atoms with Gasteiger partial charge in [0, 0.05) is 44.8 Å². The van der Waals surface area contributed by atoms with Crippen LogP contribution in [0, 0.1) is 0 Å². The number of aliphatic hydroxyl groups is 2. The summed E-state index contributed by atoms with van der Waals surface area (Å²) in [6.07, 6.45) is 3.43. The van der Waals surface area contributed by atoms with E-state index in [1.165, 1.54) is 5.56 Å². The van der Waals surface area contributed by atoms with Crippen LogP contribution in [-0.4, -0.2) is 72.0 Å². The summed E-state index contributed by atoms with van der Waals surface area (Å²) in [6.45, 7) is 0.664. The molecule has 0 aliphatic rings. The molecule has 0 spiro atoms. The van der Waals surface area contributed by atoms with E-state index in [0.29, 0.717) is 13.0 Å². The molecule has 2 heterocycles. The Morgan fingerprint density at radius 1 is 1.07 bits per heavy atom. The predicted octanol–water partition coefficient (Wildman–Crippen LogP) is 0.279. The smallest absolute Gasteiger partial charge is 0.335 e. The second-order valence-electron chi connectivity index (χ2n) is 6.64. The number of carboxylic acid groups (broad SMARTS) is 2. The number of carbonyl (C=O) groups excluding carboxylic acids is 1. The number of carbonyl (C=O) groups is 3. The Bertz CT molecular complexity index is 805. The number of pyridine rings is 1. The van der Waals surface area contributed by atoms with Crippen LogP contribution in [0.5, 0.6) is 0 Å². The molecule has 2 rings (SSSR count). The zero-order valence-electron chi connectivity index (χ0n) is 16.9. The lowest BCUT2D eigenvalue weighted by Crippen LogP contribution is -2.39. The Balaban J connectivity index is 0.000000382. The van der Waals surface area contributed by atoms with Gasteiger partial charge in [0.1, 0.15) is 0 Å². The monoisotopic (exact) mass is 421 g/mol. The van der Waals surface area contributed by atoms with E-state index in [2.05, 4.69) is 4.98 Å². The molecule has 2 unspecified atom stereocenters. The lowest BCUT2D eigenvalue weighted by Gasteiger charge is -2.17. The Morgan fingerprint density at radius 2 is 1.63 bits per heavy atom. The van der Waals surface area contributed by atoms with Crippen LogP contribution in [0.3, 0.4) is 0 Å². The van der Waals surface area contributed by atoms with Crippen LogP contribution in [0.2, 0.25) is 0 Å². The third kappa shape index (κ3) is 8.41. The Hall–Kier alpha value is -3.24. The number of hydrogen-bond donors (Lipinski definition) is 4. The highest BCUT2D eigenvalue weighted by Gasteiger charge is 2.29. The molecule has 2 aromatic rings. The van der Waals surface area contributed by atoms with Crippen LogP contribution in [0.25, 0.3) is 0 Å². The Morgan fingerprint density at radius 3 is 2.10 bits per heavy atom. The van der Waals surface area contributed by atoms with Gasteiger partial charge in [-0.3, -0.25) is 9.78 Å². The van der Waals surface area contributed by atoms with Gasteiger partial charge in [0.25, 0.3) is 0 Å². The fourth-order valence-electron chi connectivity index (χ4n) is 2.45. The number of hydrogen-bond acceptors (Lipinski definition) is 6. The maximum atomic E-state index is 12.1. The average Bonchev–Trinajstić information content (AvgIpc) is 3.12. The number of aliphatic hydroxyl groups excluding tert-OH is 2. The van der Waals surface area contributed by atoms with Crippen molar-refractivity contribution in [1.29, 1.82) is 0 Å². The molecule has 0 aliphatic carbocycles. The van der Waals surface area contributed by atoms with Crippen molar-refractivity contribution in [2.24, 2.45) is 7.05 Å². The summed E-state index contributed by atoms with van der Waals surface area (Å²) < 4.78 is 2.04. The van der Waals surface area contributed by atoms with Crippen LogP contribution in [0.4, 0.5) is 0 Å². The molecule has 2 aromatic heterocycles. The number of nitrogens with zero attached hydrogens (tertiary/aromatic N) is 3. The fourth-order valence-corrected chi connectivity index (χ4v) is 2.45. The topological polar surface area (TPSA) is 153 Å². The molecule has 2 atom stereocenters. The van der Waals surface area contributed by atoms with E-state index in [4.69, 9.17) is 20.4 Å². The van der Waals surface area contributed by atoms with Gasteiger partial charge in [0.15, 0.2) is 12.2 Å². The number of aliphatic carboxylic acids is 2. The third-order valence-corrected chi connectivity index (χ3v) is 4.29. The summed E-state index contributed by atoms with van der Waals surface area (Å²) >= 11 is 0. The lowest BCUT2D eigenvalue weighted by atomic mass is 10.1. The van der Waals surface area contributed by atoms with Crippen molar-refractivity contribution in [2.75, 3.05) is 7.05 Å². The van der Waals surface area contributed by atoms with Gasteiger partial charge >= 0.3 is 11.9 Å². The number of amides is 1. The second-order valence-corrected chi connectivity index (χ2v) is 6.64. The van der Waals surface area contributed by atoms with Gasteiger partial charge in [0.05, 0.1) is 6.54 Å². The number of rotatable bonds is 9. The molecule has 0 radical (unpaired) electrons. The summed E-state index contributed by atoms with van der Waals surface area (Å²) in [4.78, 5) is 37.4. The minimum atomic E-state index is -2.27. The molecule has 0 aliphatic heterocycles. The fraction of sp³-hybridized carbons (Fsp3) is 0.400. The van der Waals surface area contributed by atoms with Crippen molar-refractivity contribution in [1.82, 2.24) is 14.5 Å². The molecule has 0 aromatic carbocycles. The van der Waals surface area contributed by atoms with E-state index in [-0.39, 0.29) is 5.91 Å². The van der Waals surface area contributed by atoms with Crippen molar-refractivity contribution in [3.63, 3.8) is 0 Å². The number of aromatic nitrogens is 2. The molecule has 4 N–H and O–H groups in total. The van der Waals surface area contributed by atoms with Gasteiger partial charge in [-0.25, -0.2) is 9.59 Å². The van der Waals surface area contributed by atoms with E-state index in [1.54, 1.807) is 17.3 Å². The number of aryl methyl sites for hydroxylation is 2. The minimum absolute atomic E-state index is 0.195. The SMILES string of the molecule is CN(Cc1cccn1C)C(=O)CCCc1ccncc1.O=C(O)C(O)C(O)C(=O)O. The normalized spacial score (nSPS) is 12.3. The first kappa shape index (κ1) is 24.8. The first-order valence-corrected chi connectivity index (χ1v) is 9.18. The summed E-state index contributed by atoms with van der Waals surface area (Å²) in [7, 11) is 3.86. The molecule has 10 heteroatoms. The first-order chi connectivity index (χ1) is 14.1. The van der Waals surface area contributed by atoms with Gasteiger partial charge in [-0.05, 0) is 42.7 Å². The molecule has 1 amide bonds. The van der Waals surface area contributed by atoms with Crippen molar-refractivity contribution >= 4 is 17.8 Å². The highest BCUT2D eigenvalue weighted by molar-refractivity contribution is 5.83. The highest BCUT2D eigenvalue weighted by atomic mass is 16.4. The van der Waals surface area contributed by atoms with Crippen LogP contribution >= 0.6 is 0 Å². The molecule has 0 saturated carbocycles. The summed E-state index contributed by atoms with van der Waals surface area (Å²) in [5, 5.41) is 32.5. The summed E-state index contributed by atoms with van der Waals surface area (Å²) in [6, 6.07) is 8.04. The zero-order chi connectivity index (χ0) is 22.7. The van der Waals surface area contributed by atoms with Crippen molar-refractivity contribution < 1.29 is 34.8 Å². The Labute approximate surface area is 174 Å². The van der Waals surface area contributed by atoms with E-state index < -0.39 is 24.1 Å². The van der Waals surface area contributed by atoms with Gasteiger partial charge in [-0.2, -0.15) is 0 Å². The number of carboxylic acids is 2. The Kier molecular flexibility index (Phi) is 10.2. The van der Waals surface area contributed by atoms with E-state index in [0.717, 1.165) is 18.5 Å². The molecule has 0 saturated heterocycles. The van der Waals surface area contributed by atoms with Crippen LogP contribution in [0.15, 0.2) is 42.9 Å². The summed E-state index contributed by atoms with van der Waals surface area (Å²) in [5.74, 6) is -3.34. The first-order valence-electron chi connectivity index (χ1n) is 9.18.